The van der Waals surface area contributed by atoms with Gasteiger partial charge in [-0.2, -0.15) is 5.10 Å². The monoisotopic (exact) mass is 455 g/mol. The number of piperidine rings is 1. The molecule has 0 radical (unpaired) electrons. The number of methoxy groups -OCH3 is 1. The molecule has 3 N–H and O–H groups in total. The van der Waals surface area contributed by atoms with Gasteiger partial charge in [-0.1, -0.05) is 39.0 Å². The fraction of sp³-hybridized carbons (Fsp3) is 0.583. The molecule has 1 aromatic heterocycles. The van der Waals surface area contributed by atoms with E-state index in [2.05, 4.69) is 31.2 Å². The largest absolute Gasteiger partial charge is 0.383 e. The van der Waals surface area contributed by atoms with Crippen LogP contribution in [-0.2, 0) is 20.9 Å². The van der Waals surface area contributed by atoms with E-state index in [9.17, 15) is 14.4 Å². The lowest BCUT2D eigenvalue weighted by molar-refractivity contribution is -0.140. The minimum absolute atomic E-state index is 0.0308. The summed E-state index contributed by atoms with van der Waals surface area (Å²) in [5.41, 5.74) is 6.31. The molecule has 4 atom stereocenters. The highest BCUT2D eigenvalue weighted by atomic mass is 16.5. The summed E-state index contributed by atoms with van der Waals surface area (Å²) in [6.45, 7) is 6.74. The van der Waals surface area contributed by atoms with Crippen LogP contribution in [-0.4, -0.2) is 64.2 Å². The maximum atomic E-state index is 13.4. The van der Waals surface area contributed by atoms with Crippen LogP contribution in [0.4, 0.5) is 0 Å². The average Bonchev–Trinajstić information content (AvgIpc) is 3.23. The van der Waals surface area contributed by atoms with Gasteiger partial charge in [-0.3, -0.25) is 19.1 Å². The van der Waals surface area contributed by atoms with Gasteiger partial charge >= 0.3 is 0 Å². The van der Waals surface area contributed by atoms with Crippen LogP contribution in [0.2, 0.25) is 0 Å². The number of fused-ring (bicyclic) bond motifs is 2. The lowest BCUT2D eigenvalue weighted by atomic mass is 9.88. The van der Waals surface area contributed by atoms with Crippen molar-refractivity contribution >= 4 is 28.6 Å². The first kappa shape index (κ1) is 23.2. The Labute approximate surface area is 193 Å². The predicted octanol–water partition coefficient (Wildman–Crippen LogP) is 1.69. The van der Waals surface area contributed by atoms with Gasteiger partial charge in [0, 0.05) is 18.5 Å². The van der Waals surface area contributed by atoms with Crippen LogP contribution < -0.4 is 11.1 Å². The molecule has 0 bridgehead atoms. The number of nitrogens with one attached hydrogen (secondary N) is 1. The van der Waals surface area contributed by atoms with Crippen LogP contribution in [0.25, 0.3) is 10.9 Å². The summed E-state index contributed by atoms with van der Waals surface area (Å²) in [7, 11) is 1.62. The van der Waals surface area contributed by atoms with E-state index in [1.54, 1.807) is 30.2 Å². The zero-order chi connectivity index (χ0) is 23.9. The number of aromatic nitrogens is 2. The van der Waals surface area contributed by atoms with Gasteiger partial charge < -0.3 is 20.7 Å². The SMILES string of the molecule is COC[C@H](CC(C)(C)C)NC(=O)[C@@H]1C[C@H]2C[C@H]2N1C(=O)Cn1nc(C(N)=O)c2ccccc21. The molecule has 0 unspecified atom stereocenters. The van der Waals surface area contributed by atoms with Crippen molar-refractivity contribution in [2.45, 2.75) is 64.7 Å². The smallest absolute Gasteiger partial charge is 0.269 e. The quantitative estimate of drug-likeness (QED) is 0.628. The number of benzene rings is 1. The molecule has 33 heavy (non-hydrogen) atoms. The van der Waals surface area contributed by atoms with Gasteiger partial charge in [-0.15, -0.1) is 0 Å². The fourth-order valence-electron chi connectivity index (χ4n) is 5.08. The Morgan fingerprint density at radius 2 is 1.97 bits per heavy atom. The molecule has 3 amide bonds. The van der Waals surface area contributed by atoms with Crippen molar-refractivity contribution in [2.24, 2.45) is 17.1 Å². The molecule has 2 heterocycles. The average molecular weight is 456 g/mol. The topological polar surface area (TPSA) is 120 Å². The van der Waals surface area contributed by atoms with Gasteiger partial charge in [0.05, 0.1) is 18.2 Å². The van der Waals surface area contributed by atoms with Gasteiger partial charge in [0.15, 0.2) is 5.69 Å². The first-order valence-corrected chi connectivity index (χ1v) is 11.4. The number of para-hydroxylation sites is 1. The number of amides is 3. The fourth-order valence-corrected chi connectivity index (χ4v) is 5.08. The molecule has 2 aliphatic rings. The second-order valence-corrected chi connectivity index (χ2v) is 10.4. The molecular weight excluding hydrogens is 422 g/mol. The third kappa shape index (κ3) is 4.88. The van der Waals surface area contributed by atoms with Crippen LogP contribution in [0.5, 0.6) is 0 Å². The van der Waals surface area contributed by atoms with Crippen molar-refractivity contribution in [3.8, 4) is 0 Å². The summed E-state index contributed by atoms with van der Waals surface area (Å²) >= 11 is 0. The van der Waals surface area contributed by atoms with E-state index in [1.165, 1.54) is 4.68 Å². The molecule has 1 aromatic carbocycles. The molecule has 178 valence electrons. The summed E-state index contributed by atoms with van der Waals surface area (Å²) in [6, 6.07) is 6.66. The number of rotatable bonds is 8. The Morgan fingerprint density at radius 3 is 2.64 bits per heavy atom. The molecule has 9 nitrogen and oxygen atoms in total. The van der Waals surface area contributed by atoms with Crippen molar-refractivity contribution < 1.29 is 19.1 Å². The number of nitrogens with two attached hydrogens (primary N) is 1. The number of ether oxygens (including phenoxy) is 1. The van der Waals surface area contributed by atoms with Gasteiger partial charge in [0.25, 0.3) is 5.91 Å². The van der Waals surface area contributed by atoms with Crippen LogP contribution in [0.3, 0.4) is 0 Å². The summed E-state index contributed by atoms with van der Waals surface area (Å²) in [4.78, 5) is 40.1. The Morgan fingerprint density at radius 1 is 1.24 bits per heavy atom. The summed E-state index contributed by atoms with van der Waals surface area (Å²) < 4.78 is 6.82. The van der Waals surface area contributed by atoms with Gasteiger partial charge in [0.2, 0.25) is 11.8 Å². The molecule has 1 aliphatic heterocycles. The minimum Gasteiger partial charge on any atom is -0.383 e. The molecule has 1 saturated carbocycles. The Kier molecular flexibility index (Phi) is 6.18. The van der Waals surface area contributed by atoms with Crippen molar-refractivity contribution in [2.75, 3.05) is 13.7 Å². The predicted molar refractivity (Wildman–Crippen MR) is 123 cm³/mol. The van der Waals surface area contributed by atoms with E-state index in [-0.39, 0.29) is 41.6 Å². The summed E-state index contributed by atoms with van der Waals surface area (Å²) in [6.07, 6.45) is 2.37. The molecular formula is C24H33N5O4. The number of carbonyl (C=O) groups is 3. The van der Waals surface area contributed by atoms with Gasteiger partial charge in [0.1, 0.15) is 12.6 Å². The molecule has 4 rings (SSSR count). The molecule has 2 aromatic rings. The van der Waals surface area contributed by atoms with E-state index >= 15 is 0 Å². The zero-order valence-electron chi connectivity index (χ0n) is 19.7. The van der Waals surface area contributed by atoms with Crippen LogP contribution in [0.1, 0.15) is 50.5 Å². The first-order valence-electron chi connectivity index (χ1n) is 11.4. The van der Waals surface area contributed by atoms with Crippen molar-refractivity contribution in [1.29, 1.82) is 0 Å². The summed E-state index contributed by atoms with van der Waals surface area (Å²) in [5, 5.41) is 8.03. The van der Waals surface area contributed by atoms with Crippen molar-refractivity contribution in [1.82, 2.24) is 20.0 Å². The highest BCUT2D eigenvalue weighted by Crippen LogP contribution is 2.48. The first-order chi connectivity index (χ1) is 15.6. The maximum Gasteiger partial charge on any atom is 0.269 e. The van der Waals surface area contributed by atoms with Crippen LogP contribution in [0, 0.1) is 11.3 Å². The van der Waals surface area contributed by atoms with Crippen LogP contribution in [0.15, 0.2) is 24.3 Å². The summed E-state index contributed by atoms with van der Waals surface area (Å²) in [5.74, 6) is -0.585. The van der Waals surface area contributed by atoms with Gasteiger partial charge in [-0.25, -0.2) is 0 Å². The third-order valence-corrected chi connectivity index (χ3v) is 6.44. The van der Waals surface area contributed by atoms with E-state index in [1.807, 2.05) is 6.07 Å². The highest BCUT2D eigenvalue weighted by molar-refractivity contribution is 6.04. The van der Waals surface area contributed by atoms with E-state index < -0.39 is 11.9 Å². The number of likely N-dealkylation sites (tertiary alicyclic amines) is 1. The van der Waals surface area contributed by atoms with Crippen molar-refractivity contribution in [3.05, 3.63) is 30.0 Å². The normalized spacial score (nSPS) is 22.8. The molecule has 9 heteroatoms. The number of hydrogen-bond donors (Lipinski definition) is 2. The number of primary amides is 1. The van der Waals surface area contributed by atoms with E-state index in [0.29, 0.717) is 29.8 Å². The number of carbonyl (C=O) groups excluding carboxylic acids is 3. The van der Waals surface area contributed by atoms with Crippen molar-refractivity contribution in [3.63, 3.8) is 0 Å². The second kappa shape index (κ2) is 8.78. The van der Waals surface area contributed by atoms with Gasteiger partial charge in [-0.05, 0) is 36.7 Å². The van der Waals surface area contributed by atoms with Crippen LogP contribution >= 0.6 is 0 Å². The molecule has 1 aliphatic carbocycles. The molecule has 2 fully saturated rings. The number of nitrogens with zero attached hydrogens (tertiary/aromatic N) is 3. The van der Waals surface area contributed by atoms with E-state index in [4.69, 9.17) is 10.5 Å². The Balaban J connectivity index is 1.51. The second-order valence-electron chi connectivity index (χ2n) is 10.4. The lowest BCUT2D eigenvalue weighted by Gasteiger charge is -2.31. The maximum absolute atomic E-state index is 13.4. The van der Waals surface area contributed by atoms with E-state index in [0.717, 1.165) is 12.8 Å². The Hall–Kier alpha value is -2.94. The molecule has 1 saturated heterocycles. The third-order valence-electron chi connectivity index (χ3n) is 6.44. The number of hydrogen-bond acceptors (Lipinski definition) is 5. The standard InChI is InChI=1S/C24H33N5O4/c1-24(2,3)11-15(13-33-4)26-23(32)19-10-14-9-18(14)29(19)20(30)12-28-17-8-6-5-7-16(17)21(27-28)22(25)31/h5-8,14-15,18-19H,9-13H2,1-4H3,(H2,25,31)(H,26,32)/t14-,15+,18-,19+/m1/s1. The lowest BCUT2D eigenvalue weighted by Crippen LogP contribution is -2.52. The minimum atomic E-state index is -0.638. The Bertz CT molecular complexity index is 1070. The molecule has 0 spiro atoms. The zero-order valence-corrected chi connectivity index (χ0v) is 19.7. The highest BCUT2D eigenvalue weighted by Gasteiger charge is 2.56.